The van der Waals surface area contributed by atoms with Crippen molar-refractivity contribution >= 4 is 35.1 Å². The van der Waals surface area contributed by atoms with Gasteiger partial charge < -0.3 is 15.7 Å². The number of aromatic carboxylic acids is 1. The van der Waals surface area contributed by atoms with E-state index in [4.69, 9.17) is 5.11 Å². The minimum absolute atomic E-state index is 0.00685. The number of thioether (sulfide) groups is 1. The standard InChI is InChI=1S/C12H19N3O3S2/c1-7(4-5-19-3)13-12(18)14-8(2)10-15-9(6-20-10)11(16)17/h6-8H,4-5H2,1-3H3,(H,16,17)(H2,13,14,18). The molecule has 0 aliphatic rings. The quantitative estimate of drug-likeness (QED) is 0.718. The van der Waals surface area contributed by atoms with Crippen LogP contribution < -0.4 is 10.6 Å². The third-order valence-electron chi connectivity index (χ3n) is 2.59. The molecule has 0 fully saturated rings. The molecule has 0 aromatic carbocycles. The molecule has 0 saturated heterocycles. The molecule has 1 aromatic rings. The van der Waals surface area contributed by atoms with Crippen molar-refractivity contribution in [2.24, 2.45) is 0 Å². The first-order chi connectivity index (χ1) is 9.43. The molecule has 0 radical (unpaired) electrons. The van der Waals surface area contributed by atoms with Gasteiger partial charge in [0.2, 0.25) is 0 Å². The number of carboxylic acid groups (broad SMARTS) is 1. The van der Waals surface area contributed by atoms with Gasteiger partial charge in [-0.1, -0.05) is 0 Å². The van der Waals surface area contributed by atoms with Crippen molar-refractivity contribution in [2.75, 3.05) is 12.0 Å². The van der Waals surface area contributed by atoms with Crippen molar-refractivity contribution in [1.29, 1.82) is 0 Å². The summed E-state index contributed by atoms with van der Waals surface area (Å²) >= 11 is 2.96. The second-order valence-electron chi connectivity index (χ2n) is 4.40. The maximum absolute atomic E-state index is 11.8. The number of hydrogen-bond donors (Lipinski definition) is 3. The second kappa shape index (κ2) is 8.11. The van der Waals surface area contributed by atoms with Gasteiger partial charge >= 0.3 is 12.0 Å². The molecule has 20 heavy (non-hydrogen) atoms. The number of nitrogens with one attached hydrogen (secondary N) is 2. The van der Waals surface area contributed by atoms with E-state index in [0.717, 1.165) is 12.2 Å². The van der Waals surface area contributed by atoms with Crippen LogP contribution in [0.5, 0.6) is 0 Å². The highest BCUT2D eigenvalue weighted by Crippen LogP contribution is 2.17. The fraction of sp³-hybridized carbons (Fsp3) is 0.583. The van der Waals surface area contributed by atoms with E-state index in [9.17, 15) is 9.59 Å². The molecule has 2 unspecified atom stereocenters. The molecule has 112 valence electrons. The van der Waals surface area contributed by atoms with Crippen LogP contribution in [0.4, 0.5) is 4.79 Å². The fourth-order valence-electron chi connectivity index (χ4n) is 1.48. The Morgan fingerprint density at radius 2 is 2.15 bits per heavy atom. The lowest BCUT2D eigenvalue weighted by Crippen LogP contribution is -2.42. The van der Waals surface area contributed by atoms with Gasteiger partial charge in [0.05, 0.1) is 6.04 Å². The highest BCUT2D eigenvalue weighted by atomic mass is 32.2. The molecule has 0 aliphatic heterocycles. The molecule has 2 atom stereocenters. The third kappa shape index (κ3) is 5.38. The smallest absolute Gasteiger partial charge is 0.355 e. The van der Waals surface area contributed by atoms with Gasteiger partial charge in [-0.25, -0.2) is 14.6 Å². The molecular formula is C12H19N3O3S2. The summed E-state index contributed by atoms with van der Waals surface area (Å²) in [6.45, 7) is 3.73. The lowest BCUT2D eigenvalue weighted by atomic mass is 10.2. The molecule has 0 bridgehead atoms. The van der Waals surface area contributed by atoms with E-state index in [1.54, 1.807) is 18.7 Å². The molecule has 8 heteroatoms. The van der Waals surface area contributed by atoms with E-state index in [1.807, 2.05) is 13.2 Å². The van der Waals surface area contributed by atoms with Crippen molar-refractivity contribution in [3.05, 3.63) is 16.1 Å². The number of aromatic nitrogens is 1. The van der Waals surface area contributed by atoms with E-state index in [0.29, 0.717) is 5.01 Å². The number of carbonyl (C=O) groups excluding carboxylic acids is 1. The van der Waals surface area contributed by atoms with Crippen LogP contribution in [0, 0.1) is 0 Å². The number of nitrogens with zero attached hydrogens (tertiary/aromatic N) is 1. The van der Waals surface area contributed by atoms with Gasteiger partial charge in [0.15, 0.2) is 5.69 Å². The van der Waals surface area contributed by atoms with E-state index in [1.165, 1.54) is 16.7 Å². The molecule has 0 saturated carbocycles. The zero-order valence-corrected chi connectivity index (χ0v) is 13.3. The van der Waals surface area contributed by atoms with Crippen molar-refractivity contribution < 1.29 is 14.7 Å². The zero-order valence-electron chi connectivity index (χ0n) is 11.7. The molecule has 3 N–H and O–H groups in total. The van der Waals surface area contributed by atoms with E-state index in [-0.39, 0.29) is 23.8 Å². The van der Waals surface area contributed by atoms with Gasteiger partial charge in [-0.15, -0.1) is 11.3 Å². The lowest BCUT2D eigenvalue weighted by molar-refractivity contribution is 0.0691. The van der Waals surface area contributed by atoms with Crippen molar-refractivity contribution in [3.63, 3.8) is 0 Å². The number of rotatable bonds is 7. The SMILES string of the molecule is CSCCC(C)NC(=O)NC(C)c1nc(C(=O)O)cs1. The van der Waals surface area contributed by atoms with Crippen LogP contribution in [0.15, 0.2) is 5.38 Å². The molecule has 6 nitrogen and oxygen atoms in total. The van der Waals surface area contributed by atoms with Crippen molar-refractivity contribution in [1.82, 2.24) is 15.6 Å². The predicted octanol–water partition coefficient (Wildman–Crippen LogP) is 2.34. The second-order valence-corrected chi connectivity index (χ2v) is 6.27. The monoisotopic (exact) mass is 317 g/mol. The Kier molecular flexibility index (Phi) is 6.80. The molecule has 1 heterocycles. The Labute approximate surface area is 126 Å². The number of thiazole rings is 1. The van der Waals surface area contributed by atoms with Gasteiger partial charge in [-0.3, -0.25) is 0 Å². The van der Waals surface area contributed by atoms with E-state index in [2.05, 4.69) is 15.6 Å². The molecule has 1 aromatic heterocycles. The largest absolute Gasteiger partial charge is 0.476 e. The number of carboxylic acids is 1. The van der Waals surface area contributed by atoms with Crippen LogP contribution in [-0.2, 0) is 0 Å². The Balaban J connectivity index is 2.46. The van der Waals surface area contributed by atoms with Crippen LogP contribution in [0.3, 0.4) is 0 Å². The summed E-state index contributed by atoms with van der Waals surface area (Å²) in [5.74, 6) is -0.0688. The van der Waals surface area contributed by atoms with Gasteiger partial charge in [0.25, 0.3) is 0 Å². The topological polar surface area (TPSA) is 91.3 Å². The minimum atomic E-state index is -1.06. The van der Waals surface area contributed by atoms with Gasteiger partial charge in [-0.05, 0) is 32.3 Å². The Hall–Kier alpha value is -1.28. The Bertz CT molecular complexity index is 465. The average molecular weight is 317 g/mol. The zero-order chi connectivity index (χ0) is 15.1. The van der Waals surface area contributed by atoms with Gasteiger partial charge in [-0.2, -0.15) is 11.8 Å². The van der Waals surface area contributed by atoms with Crippen LogP contribution in [0.2, 0.25) is 0 Å². The average Bonchev–Trinajstić information content (AvgIpc) is 2.85. The summed E-state index contributed by atoms with van der Waals surface area (Å²) < 4.78 is 0. The van der Waals surface area contributed by atoms with Crippen molar-refractivity contribution in [2.45, 2.75) is 32.4 Å². The summed E-state index contributed by atoms with van der Waals surface area (Å²) in [5, 5.41) is 16.4. The van der Waals surface area contributed by atoms with Crippen LogP contribution in [-0.4, -0.2) is 40.1 Å². The minimum Gasteiger partial charge on any atom is -0.476 e. The molecule has 1 rings (SSSR count). The van der Waals surface area contributed by atoms with Gasteiger partial charge in [0.1, 0.15) is 5.01 Å². The maximum atomic E-state index is 11.8. The summed E-state index contributed by atoms with van der Waals surface area (Å²) in [4.78, 5) is 26.5. The number of carbonyl (C=O) groups is 2. The highest BCUT2D eigenvalue weighted by molar-refractivity contribution is 7.98. The van der Waals surface area contributed by atoms with Crippen LogP contribution in [0.25, 0.3) is 0 Å². The number of amides is 2. The third-order valence-corrected chi connectivity index (χ3v) is 4.26. The summed E-state index contributed by atoms with van der Waals surface area (Å²) in [5.41, 5.74) is 0.00685. The summed E-state index contributed by atoms with van der Waals surface area (Å²) in [7, 11) is 0. The van der Waals surface area contributed by atoms with Crippen LogP contribution >= 0.6 is 23.1 Å². The summed E-state index contributed by atoms with van der Waals surface area (Å²) in [6, 6.07) is -0.487. The number of urea groups is 1. The molecule has 0 spiro atoms. The highest BCUT2D eigenvalue weighted by Gasteiger charge is 2.16. The van der Waals surface area contributed by atoms with Crippen LogP contribution in [0.1, 0.15) is 41.8 Å². The summed E-state index contributed by atoms with van der Waals surface area (Å²) in [6.07, 6.45) is 2.93. The van der Waals surface area contributed by atoms with E-state index >= 15 is 0 Å². The van der Waals surface area contributed by atoms with Gasteiger partial charge in [0, 0.05) is 11.4 Å². The Morgan fingerprint density at radius 3 is 2.70 bits per heavy atom. The molecule has 0 aliphatic carbocycles. The molecular weight excluding hydrogens is 298 g/mol. The maximum Gasteiger partial charge on any atom is 0.355 e. The molecule has 2 amide bonds. The van der Waals surface area contributed by atoms with E-state index < -0.39 is 5.97 Å². The Morgan fingerprint density at radius 1 is 1.45 bits per heavy atom. The first kappa shape index (κ1) is 16.8. The number of hydrogen-bond acceptors (Lipinski definition) is 5. The van der Waals surface area contributed by atoms with Crippen molar-refractivity contribution in [3.8, 4) is 0 Å². The normalized spacial score (nSPS) is 13.6. The first-order valence-corrected chi connectivity index (χ1v) is 8.46. The predicted molar refractivity (Wildman–Crippen MR) is 81.6 cm³/mol. The lowest BCUT2D eigenvalue weighted by Gasteiger charge is -2.16. The first-order valence-electron chi connectivity index (χ1n) is 6.18. The fourth-order valence-corrected chi connectivity index (χ4v) is 2.86.